The van der Waals surface area contributed by atoms with E-state index in [1.165, 1.54) is 23.1 Å². The van der Waals surface area contributed by atoms with E-state index in [1.807, 2.05) is 41.8 Å². The number of hydrogen-bond acceptors (Lipinski definition) is 8. The average Bonchev–Trinajstić information content (AvgIpc) is 3.40. The predicted molar refractivity (Wildman–Crippen MR) is 121 cm³/mol. The maximum Gasteiger partial charge on any atom is 0.192 e. The quantitative estimate of drug-likeness (QED) is 0.384. The van der Waals surface area contributed by atoms with Crippen LogP contribution >= 0.6 is 23.1 Å². The van der Waals surface area contributed by atoms with Gasteiger partial charge in [-0.05, 0) is 36.2 Å². The van der Waals surface area contributed by atoms with E-state index in [0.29, 0.717) is 17.5 Å². The lowest BCUT2D eigenvalue weighted by atomic mass is 10.2. The molecule has 0 bridgehead atoms. The molecule has 31 heavy (non-hydrogen) atoms. The topological polar surface area (TPSA) is 93.8 Å². The first-order valence-corrected chi connectivity index (χ1v) is 11.6. The lowest BCUT2D eigenvalue weighted by Crippen LogP contribution is -2.08. The zero-order valence-electron chi connectivity index (χ0n) is 16.9. The Kier molecular flexibility index (Phi) is 6.73. The maximum atomic E-state index is 12.5. The molecule has 4 aromatic rings. The van der Waals surface area contributed by atoms with Crippen LogP contribution in [-0.4, -0.2) is 41.6 Å². The van der Waals surface area contributed by atoms with Crippen LogP contribution in [0.5, 0.6) is 5.75 Å². The van der Waals surface area contributed by atoms with Gasteiger partial charge in [0.1, 0.15) is 21.5 Å². The summed E-state index contributed by atoms with van der Waals surface area (Å²) < 4.78 is 2.00. The van der Waals surface area contributed by atoms with Crippen molar-refractivity contribution in [2.24, 2.45) is 0 Å². The van der Waals surface area contributed by atoms with Gasteiger partial charge < -0.3 is 5.11 Å². The molecule has 0 atom stereocenters. The van der Waals surface area contributed by atoms with Gasteiger partial charge in [0.25, 0.3) is 0 Å². The van der Waals surface area contributed by atoms with Crippen molar-refractivity contribution in [1.29, 1.82) is 0 Å². The van der Waals surface area contributed by atoms with E-state index in [2.05, 4.69) is 20.4 Å². The first-order chi connectivity index (χ1) is 15.1. The van der Waals surface area contributed by atoms with E-state index in [0.717, 1.165) is 27.6 Å². The number of nitrogens with zero attached hydrogens (tertiary/aromatic N) is 5. The number of aryl methyl sites for hydroxylation is 1. The van der Waals surface area contributed by atoms with Crippen LogP contribution in [0.2, 0.25) is 0 Å². The molecule has 2 aromatic carbocycles. The van der Waals surface area contributed by atoms with Crippen molar-refractivity contribution in [3.63, 3.8) is 0 Å². The molecule has 158 valence electrons. The van der Waals surface area contributed by atoms with Gasteiger partial charge in [-0.3, -0.25) is 9.36 Å². The Bertz CT molecular complexity index is 1160. The van der Waals surface area contributed by atoms with E-state index in [4.69, 9.17) is 0 Å². The monoisotopic (exact) mass is 451 g/mol. The third-order valence-corrected chi connectivity index (χ3v) is 6.64. The summed E-state index contributed by atoms with van der Waals surface area (Å²) in [5, 5.41) is 28.8. The number of benzene rings is 2. The molecular formula is C22H21N5O2S2. The Morgan fingerprint density at radius 3 is 2.45 bits per heavy atom. The summed E-state index contributed by atoms with van der Waals surface area (Å²) in [6, 6.07) is 16.9. The van der Waals surface area contributed by atoms with Gasteiger partial charge in [0.05, 0.1) is 18.7 Å². The van der Waals surface area contributed by atoms with Gasteiger partial charge in [-0.15, -0.1) is 31.7 Å². The smallest absolute Gasteiger partial charge is 0.192 e. The molecular weight excluding hydrogens is 430 g/mol. The van der Waals surface area contributed by atoms with Crippen LogP contribution in [0.1, 0.15) is 22.5 Å². The van der Waals surface area contributed by atoms with Crippen LogP contribution in [0, 0.1) is 0 Å². The number of ketones is 1. The summed E-state index contributed by atoms with van der Waals surface area (Å²) in [7, 11) is 0. The number of carbonyl (C=O) groups excluding carboxylic acids is 1. The summed E-state index contributed by atoms with van der Waals surface area (Å²) in [6.45, 7) is 2.60. The van der Waals surface area contributed by atoms with Gasteiger partial charge in [-0.2, -0.15) is 0 Å². The molecule has 4 rings (SSSR count). The van der Waals surface area contributed by atoms with Crippen molar-refractivity contribution < 1.29 is 9.90 Å². The molecule has 0 aliphatic heterocycles. The number of Topliss-reactive ketones (excluding diaryl/α,β-unsaturated/α-hetero) is 1. The molecule has 0 amide bonds. The van der Waals surface area contributed by atoms with Gasteiger partial charge in [-0.25, -0.2) is 0 Å². The summed E-state index contributed by atoms with van der Waals surface area (Å²) >= 11 is 2.86. The fraction of sp³-hybridized carbons (Fsp3) is 0.227. The molecule has 0 fully saturated rings. The molecule has 0 aliphatic carbocycles. The highest BCUT2D eigenvalue weighted by atomic mass is 32.2. The van der Waals surface area contributed by atoms with Gasteiger partial charge >= 0.3 is 0 Å². The number of phenols is 1. The molecule has 2 aromatic heterocycles. The first-order valence-electron chi connectivity index (χ1n) is 9.84. The largest absolute Gasteiger partial charge is 0.508 e. The van der Waals surface area contributed by atoms with Gasteiger partial charge in [0.2, 0.25) is 0 Å². The van der Waals surface area contributed by atoms with Crippen molar-refractivity contribution in [3.05, 3.63) is 70.2 Å². The van der Waals surface area contributed by atoms with Crippen LogP contribution in [-0.2, 0) is 24.2 Å². The molecule has 7 nitrogen and oxygen atoms in total. The zero-order chi connectivity index (χ0) is 21.6. The number of hydrogen-bond donors (Lipinski definition) is 1. The second-order valence-electron chi connectivity index (χ2n) is 6.87. The molecule has 0 saturated heterocycles. The third kappa shape index (κ3) is 5.36. The molecule has 0 spiro atoms. The van der Waals surface area contributed by atoms with Crippen LogP contribution in [0.15, 0.2) is 59.8 Å². The fourth-order valence-corrected chi connectivity index (χ4v) is 4.61. The zero-order valence-corrected chi connectivity index (χ0v) is 18.6. The number of thioether (sulfide) groups is 1. The van der Waals surface area contributed by atoms with E-state index < -0.39 is 0 Å². The Labute approximate surface area is 188 Å². The minimum Gasteiger partial charge on any atom is -0.508 e. The Morgan fingerprint density at radius 2 is 1.74 bits per heavy atom. The Balaban J connectivity index is 1.53. The van der Waals surface area contributed by atoms with E-state index in [9.17, 15) is 9.90 Å². The second-order valence-corrected chi connectivity index (χ2v) is 8.96. The molecule has 0 saturated carbocycles. The van der Waals surface area contributed by atoms with Gasteiger partial charge in [0.15, 0.2) is 11.0 Å². The SMILES string of the molecule is CCc1nnc(CC(=O)CSc2nnc(-c3ccc(O)cc3)n2Cc2ccccc2)s1. The normalized spacial score (nSPS) is 11.0. The lowest BCUT2D eigenvalue weighted by Gasteiger charge is -2.10. The van der Waals surface area contributed by atoms with Crippen molar-refractivity contribution in [3.8, 4) is 17.1 Å². The molecule has 9 heteroatoms. The van der Waals surface area contributed by atoms with E-state index in [-0.39, 0.29) is 23.7 Å². The number of rotatable bonds is 9. The maximum absolute atomic E-state index is 12.5. The summed E-state index contributed by atoms with van der Waals surface area (Å²) in [5.74, 6) is 1.24. The van der Waals surface area contributed by atoms with Gasteiger partial charge in [-0.1, -0.05) is 49.0 Å². The van der Waals surface area contributed by atoms with Crippen molar-refractivity contribution in [2.45, 2.75) is 31.5 Å². The van der Waals surface area contributed by atoms with Crippen molar-refractivity contribution in [2.75, 3.05) is 5.75 Å². The van der Waals surface area contributed by atoms with E-state index in [1.54, 1.807) is 24.3 Å². The highest BCUT2D eigenvalue weighted by Crippen LogP contribution is 2.27. The lowest BCUT2D eigenvalue weighted by molar-refractivity contribution is -0.116. The van der Waals surface area contributed by atoms with Crippen molar-refractivity contribution in [1.82, 2.24) is 25.0 Å². The molecule has 0 unspecified atom stereocenters. The average molecular weight is 452 g/mol. The minimum atomic E-state index is 0.0734. The number of carbonyl (C=O) groups is 1. The molecule has 0 radical (unpaired) electrons. The first kappa shape index (κ1) is 21.2. The van der Waals surface area contributed by atoms with Crippen LogP contribution < -0.4 is 0 Å². The van der Waals surface area contributed by atoms with Crippen LogP contribution in [0.4, 0.5) is 0 Å². The summed E-state index contributed by atoms with van der Waals surface area (Å²) in [5.41, 5.74) is 1.96. The fourth-order valence-electron chi connectivity index (χ4n) is 3.00. The highest BCUT2D eigenvalue weighted by Gasteiger charge is 2.17. The second kappa shape index (κ2) is 9.84. The van der Waals surface area contributed by atoms with Crippen LogP contribution in [0.3, 0.4) is 0 Å². The highest BCUT2D eigenvalue weighted by molar-refractivity contribution is 7.99. The minimum absolute atomic E-state index is 0.0734. The van der Waals surface area contributed by atoms with Crippen molar-refractivity contribution >= 4 is 28.9 Å². The van der Waals surface area contributed by atoms with Crippen LogP contribution in [0.25, 0.3) is 11.4 Å². The number of aromatic nitrogens is 5. The predicted octanol–water partition coefficient (Wildman–Crippen LogP) is 4.02. The third-order valence-electron chi connectivity index (χ3n) is 4.55. The summed E-state index contributed by atoms with van der Waals surface area (Å²) in [6.07, 6.45) is 1.10. The standard InChI is InChI=1S/C22H21N5O2S2/c1-2-19-23-24-20(31-19)12-18(29)14-30-22-26-25-21(16-8-10-17(28)11-9-16)27(22)13-15-6-4-3-5-7-15/h3-11,28H,2,12-14H2,1H3. The van der Waals surface area contributed by atoms with Gasteiger partial charge in [0, 0.05) is 5.56 Å². The summed E-state index contributed by atoms with van der Waals surface area (Å²) in [4.78, 5) is 12.5. The molecule has 2 heterocycles. The Hall–Kier alpha value is -3.04. The Morgan fingerprint density at radius 1 is 1.00 bits per heavy atom. The molecule has 0 aliphatic rings. The van der Waals surface area contributed by atoms with E-state index >= 15 is 0 Å². The molecule has 1 N–H and O–H groups in total. The number of phenolic OH excluding ortho intramolecular Hbond substituents is 1. The number of aromatic hydroxyl groups is 1.